The number of hydrogen-bond donors (Lipinski definition) is 1. The number of nitrogens with zero attached hydrogens (tertiary/aromatic N) is 2. The Hall–Kier alpha value is -3.50. The van der Waals surface area contributed by atoms with Crippen molar-refractivity contribution in [3.05, 3.63) is 84.4 Å². The van der Waals surface area contributed by atoms with Gasteiger partial charge in [0.2, 0.25) is 11.8 Å². The Kier molecular flexibility index (Phi) is 12.3. The fourth-order valence-corrected chi connectivity index (χ4v) is 6.18. The van der Waals surface area contributed by atoms with Gasteiger partial charge in [-0.15, -0.1) is 11.8 Å². The Labute approximate surface area is 254 Å². The second-order valence-electron chi connectivity index (χ2n) is 10.2. The van der Waals surface area contributed by atoms with Crippen molar-refractivity contribution in [3.63, 3.8) is 0 Å². The number of rotatable bonds is 15. The molecule has 0 radical (unpaired) electrons. The predicted molar refractivity (Wildman–Crippen MR) is 170 cm³/mol. The third-order valence-corrected chi connectivity index (χ3v) is 9.21. The van der Waals surface area contributed by atoms with E-state index in [2.05, 4.69) is 5.32 Å². The minimum atomic E-state index is -4.19. The van der Waals surface area contributed by atoms with E-state index in [9.17, 15) is 18.0 Å². The quantitative estimate of drug-likeness (QED) is 0.236. The summed E-state index contributed by atoms with van der Waals surface area (Å²) in [6, 6.07) is 22.2. The summed E-state index contributed by atoms with van der Waals surface area (Å²) in [7, 11) is -4.19. The first kappa shape index (κ1) is 33.0. The minimum Gasteiger partial charge on any atom is -0.492 e. The van der Waals surface area contributed by atoms with Crippen molar-refractivity contribution in [2.75, 3.05) is 36.8 Å². The average Bonchev–Trinajstić information content (AvgIpc) is 2.99. The topological polar surface area (TPSA) is 96.0 Å². The molecule has 3 rings (SSSR count). The first-order chi connectivity index (χ1) is 20.1. The summed E-state index contributed by atoms with van der Waals surface area (Å²) in [5.74, 6) is -0.200. The highest BCUT2D eigenvalue weighted by molar-refractivity contribution is 7.98. The van der Waals surface area contributed by atoms with Gasteiger partial charge in [0.05, 0.1) is 17.2 Å². The van der Waals surface area contributed by atoms with Gasteiger partial charge in [-0.25, -0.2) is 8.42 Å². The van der Waals surface area contributed by atoms with Gasteiger partial charge in [0, 0.05) is 18.0 Å². The van der Waals surface area contributed by atoms with Crippen LogP contribution in [0.1, 0.15) is 33.3 Å². The lowest BCUT2D eigenvalue weighted by molar-refractivity contribution is -0.138. The summed E-state index contributed by atoms with van der Waals surface area (Å²) in [6.45, 7) is 7.99. The van der Waals surface area contributed by atoms with Gasteiger partial charge in [0.1, 0.15) is 18.3 Å². The SMILES string of the molecule is CCOc1ccccc1N(CC(=O)N(CCc1ccccc1)[C@@H](C)C(=O)NCC(C)C)S(=O)(=O)c1ccc(SC)cc1. The Balaban J connectivity index is 2.02. The lowest BCUT2D eigenvalue weighted by Gasteiger charge is -2.32. The molecule has 0 aliphatic carbocycles. The van der Waals surface area contributed by atoms with Crippen molar-refractivity contribution in [2.45, 2.75) is 49.9 Å². The maximum Gasteiger partial charge on any atom is 0.264 e. The number of carbonyl (C=O) groups excluding carboxylic acids is 2. The van der Waals surface area contributed by atoms with E-state index >= 15 is 0 Å². The minimum absolute atomic E-state index is 0.0537. The molecule has 226 valence electrons. The third-order valence-electron chi connectivity index (χ3n) is 6.70. The maximum absolute atomic E-state index is 14.1. The van der Waals surface area contributed by atoms with E-state index in [4.69, 9.17) is 4.74 Å². The van der Waals surface area contributed by atoms with Gasteiger partial charge in [-0.2, -0.15) is 0 Å². The van der Waals surface area contributed by atoms with Crippen LogP contribution in [0.4, 0.5) is 5.69 Å². The van der Waals surface area contributed by atoms with Gasteiger partial charge < -0.3 is 15.0 Å². The highest BCUT2D eigenvalue weighted by atomic mass is 32.2. The molecule has 3 aromatic rings. The number of amides is 2. The largest absolute Gasteiger partial charge is 0.492 e. The summed E-state index contributed by atoms with van der Waals surface area (Å²) in [5.41, 5.74) is 1.26. The van der Waals surface area contributed by atoms with Crippen LogP contribution in [0.5, 0.6) is 5.75 Å². The van der Waals surface area contributed by atoms with E-state index in [1.807, 2.05) is 57.4 Å². The summed E-state index contributed by atoms with van der Waals surface area (Å²) < 4.78 is 35.1. The van der Waals surface area contributed by atoms with Gasteiger partial charge in [-0.3, -0.25) is 13.9 Å². The van der Waals surface area contributed by atoms with Crippen molar-refractivity contribution >= 4 is 39.3 Å². The van der Waals surface area contributed by atoms with Crippen molar-refractivity contribution in [3.8, 4) is 5.75 Å². The number of ether oxygens (including phenoxy) is 1. The first-order valence-corrected chi connectivity index (χ1v) is 16.7. The molecule has 0 heterocycles. The van der Waals surface area contributed by atoms with Crippen LogP contribution >= 0.6 is 11.8 Å². The lowest BCUT2D eigenvalue weighted by atomic mass is 10.1. The summed E-state index contributed by atoms with van der Waals surface area (Å²) in [4.78, 5) is 29.6. The number of nitrogens with one attached hydrogen (secondary N) is 1. The fourth-order valence-electron chi connectivity index (χ4n) is 4.35. The van der Waals surface area contributed by atoms with Gasteiger partial charge in [0.25, 0.3) is 10.0 Å². The number of benzene rings is 3. The molecule has 42 heavy (non-hydrogen) atoms. The highest BCUT2D eigenvalue weighted by Gasteiger charge is 2.33. The van der Waals surface area contributed by atoms with Crippen LogP contribution in [-0.2, 0) is 26.0 Å². The monoisotopic (exact) mass is 611 g/mol. The summed E-state index contributed by atoms with van der Waals surface area (Å²) >= 11 is 1.50. The molecule has 0 aliphatic rings. The third kappa shape index (κ3) is 8.75. The van der Waals surface area contributed by atoms with Gasteiger partial charge in [-0.05, 0) is 74.4 Å². The van der Waals surface area contributed by atoms with Crippen molar-refractivity contribution in [1.82, 2.24) is 10.2 Å². The molecule has 0 aliphatic heterocycles. The molecular weight excluding hydrogens is 571 g/mol. The average molecular weight is 612 g/mol. The van der Waals surface area contributed by atoms with Crippen LogP contribution in [0, 0.1) is 5.92 Å². The molecule has 0 saturated heterocycles. The van der Waals surface area contributed by atoms with E-state index in [-0.39, 0.29) is 29.0 Å². The summed E-state index contributed by atoms with van der Waals surface area (Å²) in [5, 5.41) is 2.91. The standard InChI is InChI=1S/C32H41N3O5S2/c1-6-40-30-15-11-10-14-29(30)35(42(38,39)28-18-16-27(41-5)17-19-28)23-31(36)34(21-20-26-12-8-7-9-13-26)25(4)32(37)33-22-24(2)3/h7-19,24-25H,6,20-23H2,1-5H3,(H,33,37)/t25-/m0/s1. The number of sulfonamides is 1. The van der Waals surface area contributed by atoms with E-state index in [1.165, 1.54) is 28.8 Å². The molecule has 0 bridgehead atoms. The normalized spacial score (nSPS) is 12.0. The number of thioether (sulfide) groups is 1. The Morgan fingerprint density at radius 1 is 0.929 bits per heavy atom. The Bertz CT molecular complexity index is 1410. The van der Waals surface area contributed by atoms with E-state index in [0.717, 1.165) is 14.8 Å². The van der Waals surface area contributed by atoms with Gasteiger partial charge >= 0.3 is 0 Å². The smallest absolute Gasteiger partial charge is 0.264 e. The second-order valence-corrected chi connectivity index (χ2v) is 13.0. The van der Waals surface area contributed by atoms with Crippen molar-refractivity contribution < 1.29 is 22.7 Å². The molecular formula is C32H41N3O5S2. The molecule has 8 nitrogen and oxygen atoms in total. The van der Waals surface area contributed by atoms with Gasteiger partial charge in [0.15, 0.2) is 0 Å². The second kappa shape index (κ2) is 15.7. The Morgan fingerprint density at radius 2 is 1.57 bits per heavy atom. The molecule has 0 aromatic heterocycles. The predicted octanol–water partition coefficient (Wildman–Crippen LogP) is 5.23. The number of anilines is 1. The van der Waals surface area contributed by atoms with Crippen LogP contribution < -0.4 is 14.4 Å². The zero-order valence-electron chi connectivity index (χ0n) is 24.9. The maximum atomic E-state index is 14.1. The van der Waals surface area contributed by atoms with Crippen LogP contribution in [0.15, 0.2) is 88.7 Å². The molecule has 0 fully saturated rings. The lowest BCUT2D eigenvalue weighted by Crippen LogP contribution is -2.52. The van der Waals surface area contributed by atoms with Crippen molar-refractivity contribution in [2.24, 2.45) is 5.92 Å². The van der Waals surface area contributed by atoms with E-state index in [0.29, 0.717) is 25.3 Å². The number of carbonyl (C=O) groups is 2. The van der Waals surface area contributed by atoms with Crippen LogP contribution in [0.2, 0.25) is 0 Å². The molecule has 0 unspecified atom stereocenters. The molecule has 2 amide bonds. The summed E-state index contributed by atoms with van der Waals surface area (Å²) in [6.07, 6.45) is 2.42. The number of para-hydroxylation sites is 2. The molecule has 0 saturated carbocycles. The zero-order valence-corrected chi connectivity index (χ0v) is 26.6. The van der Waals surface area contributed by atoms with Crippen molar-refractivity contribution in [1.29, 1.82) is 0 Å². The molecule has 3 aromatic carbocycles. The number of hydrogen-bond acceptors (Lipinski definition) is 6. The first-order valence-electron chi connectivity index (χ1n) is 14.1. The molecule has 1 atom stereocenters. The van der Waals surface area contributed by atoms with E-state index in [1.54, 1.807) is 43.3 Å². The van der Waals surface area contributed by atoms with Gasteiger partial charge in [-0.1, -0.05) is 56.3 Å². The molecule has 10 heteroatoms. The van der Waals surface area contributed by atoms with Crippen LogP contribution in [0.25, 0.3) is 0 Å². The highest BCUT2D eigenvalue weighted by Crippen LogP contribution is 2.33. The fraction of sp³-hybridized carbons (Fsp3) is 0.375. The Morgan fingerprint density at radius 3 is 2.19 bits per heavy atom. The zero-order chi connectivity index (χ0) is 30.7. The molecule has 1 N–H and O–H groups in total. The molecule has 0 spiro atoms. The van der Waals surface area contributed by atoms with E-state index < -0.39 is 28.5 Å². The van der Waals surface area contributed by atoms with Crippen LogP contribution in [-0.4, -0.2) is 63.7 Å². The van der Waals surface area contributed by atoms with Crippen LogP contribution in [0.3, 0.4) is 0 Å².